The number of ether oxygens (including phenoxy) is 1. The number of rotatable bonds is 5. The van der Waals surface area contributed by atoms with Crippen LogP contribution in [0.4, 0.5) is 0 Å². The van der Waals surface area contributed by atoms with Gasteiger partial charge in [0.05, 0.1) is 29.0 Å². The molecule has 0 N–H and O–H groups in total. The Morgan fingerprint density at radius 2 is 2.00 bits per heavy atom. The van der Waals surface area contributed by atoms with Gasteiger partial charge in [0.2, 0.25) is 0 Å². The van der Waals surface area contributed by atoms with E-state index in [1.165, 1.54) is 23.1 Å². The third-order valence-electron chi connectivity index (χ3n) is 5.83. The van der Waals surface area contributed by atoms with Crippen LogP contribution in [0.5, 0.6) is 0 Å². The smallest absolute Gasteiger partial charge is 0.267 e. The van der Waals surface area contributed by atoms with Crippen molar-refractivity contribution in [2.45, 2.75) is 44.6 Å². The number of ketones is 1. The first-order valence-electron chi connectivity index (χ1n) is 10.9. The Kier molecular flexibility index (Phi) is 6.14. The number of thiophene rings is 1. The molecule has 0 fully saturated rings. The van der Waals surface area contributed by atoms with Gasteiger partial charge in [-0.05, 0) is 68.3 Å². The number of carbonyl (C=O) groups is 1. The highest BCUT2D eigenvalue weighted by atomic mass is 35.5. The van der Waals surface area contributed by atoms with Crippen LogP contribution in [-0.4, -0.2) is 26.7 Å². The fourth-order valence-corrected chi connectivity index (χ4v) is 6.29. The molecule has 0 atom stereocenters. The highest BCUT2D eigenvalue weighted by Gasteiger charge is 2.31. The Morgan fingerprint density at radius 3 is 2.74 bits per heavy atom. The lowest BCUT2D eigenvalue weighted by atomic mass is 9.94. The largest absolute Gasteiger partial charge is 0.370 e. The van der Waals surface area contributed by atoms with Crippen LogP contribution in [0.1, 0.15) is 40.2 Å². The van der Waals surface area contributed by atoms with E-state index in [-0.39, 0.29) is 22.7 Å². The van der Waals surface area contributed by atoms with E-state index < -0.39 is 0 Å². The van der Waals surface area contributed by atoms with Crippen molar-refractivity contribution in [2.75, 3.05) is 5.75 Å². The van der Waals surface area contributed by atoms with Gasteiger partial charge in [0, 0.05) is 21.9 Å². The Labute approximate surface area is 210 Å². The summed E-state index contributed by atoms with van der Waals surface area (Å²) in [6.07, 6.45) is 0.661. The van der Waals surface area contributed by atoms with E-state index in [9.17, 15) is 9.59 Å². The number of Topliss-reactive ketones (excluding diaryl/α,β-unsaturated/α-hetero) is 1. The number of fused-ring (bicyclic) bond motifs is 3. The molecule has 5 rings (SSSR count). The van der Waals surface area contributed by atoms with E-state index >= 15 is 0 Å². The molecule has 0 amide bonds. The molecule has 0 saturated carbocycles. The number of carbonyl (C=O) groups excluding carboxylic acids is 1. The van der Waals surface area contributed by atoms with Crippen molar-refractivity contribution in [3.05, 3.63) is 85.5 Å². The monoisotopic (exact) mass is 510 g/mol. The number of hydrogen-bond acceptors (Lipinski definition) is 6. The second kappa shape index (κ2) is 8.96. The summed E-state index contributed by atoms with van der Waals surface area (Å²) in [4.78, 5) is 33.4. The SMILES string of the molecule is Cc1cccc(-n2c(SCC(=O)c3ccc(Cl)cc3)nc3sc4c(c3c2=O)CC(C)(C)OC4)c1. The average Bonchev–Trinajstić information content (AvgIpc) is 3.14. The topological polar surface area (TPSA) is 61.2 Å². The number of hydrogen-bond donors (Lipinski definition) is 0. The summed E-state index contributed by atoms with van der Waals surface area (Å²) < 4.78 is 7.62. The summed E-state index contributed by atoms with van der Waals surface area (Å²) in [5.74, 6) is 0.111. The molecule has 2 aromatic carbocycles. The predicted octanol–water partition coefficient (Wildman–Crippen LogP) is 6.24. The minimum Gasteiger partial charge on any atom is -0.370 e. The van der Waals surface area contributed by atoms with Crippen molar-refractivity contribution >= 4 is 50.7 Å². The Bertz CT molecular complexity index is 1470. The molecule has 0 bridgehead atoms. The van der Waals surface area contributed by atoms with Crippen LogP contribution in [0.25, 0.3) is 15.9 Å². The molecule has 0 unspecified atom stereocenters. The standard InChI is InChI=1S/C26H23ClN2O3S2/c1-15-5-4-6-18(11-15)29-24(31)22-19-12-26(2,3)32-13-21(19)34-23(22)28-25(29)33-14-20(30)16-7-9-17(27)10-8-16/h4-11H,12-14H2,1-3H3. The van der Waals surface area contributed by atoms with Gasteiger partial charge in [0.15, 0.2) is 10.9 Å². The molecule has 1 aliphatic rings. The van der Waals surface area contributed by atoms with Gasteiger partial charge in [-0.3, -0.25) is 14.2 Å². The van der Waals surface area contributed by atoms with Gasteiger partial charge in [-0.1, -0.05) is 35.5 Å². The molecule has 34 heavy (non-hydrogen) atoms. The number of thioether (sulfide) groups is 1. The Morgan fingerprint density at radius 1 is 1.24 bits per heavy atom. The predicted molar refractivity (Wildman–Crippen MR) is 139 cm³/mol. The fraction of sp³-hybridized carbons (Fsp3) is 0.269. The third kappa shape index (κ3) is 4.45. The summed E-state index contributed by atoms with van der Waals surface area (Å²) in [5, 5.41) is 1.74. The molecule has 0 aliphatic carbocycles. The van der Waals surface area contributed by atoms with Crippen molar-refractivity contribution in [3.8, 4) is 5.69 Å². The van der Waals surface area contributed by atoms with Crippen LogP contribution in [-0.2, 0) is 17.8 Å². The van der Waals surface area contributed by atoms with Gasteiger partial charge in [-0.25, -0.2) is 4.98 Å². The number of nitrogens with zero attached hydrogens (tertiary/aromatic N) is 2. The van der Waals surface area contributed by atoms with Crippen molar-refractivity contribution in [2.24, 2.45) is 0 Å². The first-order chi connectivity index (χ1) is 16.2. The van der Waals surface area contributed by atoms with E-state index in [1.54, 1.807) is 28.8 Å². The van der Waals surface area contributed by atoms with Crippen LogP contribution in [0.3, 0.4) is 0 Å². The van der Waals surface area contributed by atoms with Crippen molar-refractivity contribution in [1.82, 2.24) is 9.55 Å². The van der Waals surface area contributed by atoms with Gasteiger partial charge in [-0.2, -0.15) is 0 Å². The Balaban J connectivity index is 1.61. The summed E-state index contributed by atoms with van der Waals surface area (Å²) in [6.45, 7) is 6.55. The molecule has 4 aromatic rings. The molecule has 1 aliphatic heterocycles. The number of aryl methyl sites for hydroxylation is 1. The summed E-state index contributed by atoms with van der Waals surface area (Å²) in [5.41, 5.74) is 2.95. The number of benzene rings is 2. The second-order valence-electron chi connectivity index (χ2n) is 9.00. The van der Waals surface area contributed by atoms with E-state index in [1.807, 2.05) is 45.0 Å². The maximum Gasteiger partial charge on any atom is 0.267 e. The molecule has 0 radical (unpaired) electrons. The number of aromatic nitrogens is 2. The zero-order chi connectivity index (χ0) is 24.0. The highest BCUT2D eigenvalue weighted by Crippen LogP contribution is 2.38. The molecular weight excluding hydrogens is 488 g/mol. The number of halogens is 1. The highest BCUT2D eigenvalue weighted by molar-refractivity contribution is 7.99. The van der Waals surface area contributed by atoms with Crippen LogP contribution in [0, 0.1) is 6.92 Å². The van der Waals surface area contributed by atoms with Gasteiger partial charge in [-0.15, -0.1) is 11.3 Å². The lowest BCUT2D eigenvalue weighted by Gasteiger charge is -2.29. The van der Waals surface area contributed by atoms with Crippen LogP contribution in [0.15, 0.2) is 58.5 Å². The van der Waals surface area contributed by atoms with E-state index in [2.05, 4.69) is 0 Å². The van der Waals surface area contributed by atoms with Crippen molar-refractivity contribution in [1.29, 1.82) is 0 Å². The Hall–Kier alpha value is -2.45. The third-order valence-corrected chi connectivity index (χ3v) is 8.12. The molecule has 2 aromatic heterocycles. The van der Waals surface area contributed by atoms with Gasteiger partial charge >= 0.3 is 0 Å². The van der Waals surface area contributed by atoms with Gasteiger partial charge in [0.25, 0.3) is 5.56 Å². The maximum atomic E-state index is 13.9. The lowest BCUT2D eigenvalue weighted by Crippen LogP contribution is -2.32. The summed E-state index contributed by atoms with van der Waals surface area (Å²) in [6, 6.07) is 14.6. The summed E-state index contributed by atoms with van der Waals surface area (Å²) >= 11 is 8.73. The molecule has 0 spiro atoms. The van der Waals surface area contributed by atoms with Gasteiger partial charge < -0.3 is 4.74 Å². The molecule has 5 nitrogen and oxygen atoms in total. The lowest BCUT2D eigenvalue weighted by molar-refractivity contribution is -0.0379. The minimum absolute atomic E-state index is 0.0487. The van der Waals surface area contributed by atoms with E-state index in [0.29, 0.717) is 39.0 Å². The minimum atomic E-state index is -0.333. The van der Waals surface area contributed by atoms with Crippen LogP contribution >= 0.6 is 34.7 Å². The second-order valence-corrected chi connectivity index (χ2v) is 11.5. The van der Waals surface area contributed by atoms with Crippen molar-refractivity contribution in [3.63, 3.8) is 0 Å². The maximum absolute atomic E-state index is 13.9. The fourth-order valence-electron chi connectivity index (χ4n) is 4.11. The summed E-state index contributed by atoms with van der Waals surface area (Å²) in [7, 11) is 0. The first-order valence-corrected chi connectivity index (χ1v) is 13.1. The molecule has 8 heteroatoms. The van der Waals surface area contributed by atoms with Gasteiger partial charge in [0.1, 0.15) is 4.83 Å². The first kappa shape index (κ1) is 23.3. The van der Waals surface area contributed by atoms with Crippen LogP contribution in [0.2, 0.25) is 5.02 Å². The zero-order valence-corrected chi connectivity index (χ0v) is 21.4. The zero-order valence-electron chi connectivity index (χ0n) is 19.1. The van der Waals surface area contributed by atoms with Crippen LogP contribution < -0.4 is 5.56 Å². The quantitative estimate of drug-likeness (QED) is 0.181. The average molecular weight is 511 g/mol. The molecule has 174 valence electrons. The van der Waals surface area contributed by atoms with E-state index in [0.717, 1.165) is 21.7 Å². The molecular formula is C26H23ClN2O3S2. The normalized spacial score (nSPS) is 14.8. The molecule has 0 saturated heterocycles. The van der Waals surface area contributed by atoms with Crippen molar-refractivity contribution < 1.29 is 9.53 Å². The molecule has 3 heterocycles. The van der Waals surface area contributed by atoms with E-state index in [4.69, 9.17) is 21.3 Å².